The van der Waals surface area contributed by atoms with E-state index in [9.17, 15) is 0 Å². The molecule has 0 spiro atoms. The molecule has 1 atom stereocenters. The minimum atomic E-state index is 0.185. The average Bonchev–Trinajstić information content (AvgIpc) is 3.04. The van der Waals surface area contributed by atoms with E-state index in [0.29, 0.717) is 0 Å². The minimum Gasteiger partial charge on any atom is -0.468 e. The minimum absolute atomic E-state index is 0.185. The Hall–Kier alpha value is -2.07. The van der Waals surface area contributed by atoms with Gasteiger partial charge in [0.05, 0.1) is 18.0 Å². The third-order valence-corrected chi connectivity index (χ3v) is 2.97. The van der Waals surface area contributed by atoms with Gasteiger partial charge in [-0.15, -0.1) is 0 Å². The van der Waals surface area contributed by atoms with Crippen molar-refractivity contribution in [3.8, 4) is 0 Å². The Labute approximate surface area is 105 Å². The van der Waals surface area contributed by atoms with Gasteiger partial charge in [0.25, 0.3) is 0 Å². The fraction of sp³-hybridized carbons (Fsp3) is 0.214. The Morgan fingerprint density at radius 1 is 1.33 bits per heavy atom. The number of nitrogens with one attached hydrogen (secondary N) is 1. The van der Waals surface area contributed by atoms with Crippen LogP contribution in [0.25, 0.3) is 5.65 Å². The molecule has 3 aromatic heterocycles. The highest BCUT2D eigenvalue weighted by atomic mass is 16.3. The number of nitrogens with zero attached hydrogens (tertiary/aromatic N) is 2. The van der Waals surface area contributed by atoms with E-state index in [-0.39, 0.29) is 6.04 Å². The summed E-state index contributed by atoms with van der Waals surface area (Å²) in [4.78, 5) is 4.54. The predicted molar refractivity (Wildman–Crippen MR) is 69.2 cm³/mol. The number of imidazole rings is 1. The molecule has 92 valence electrons. The smallest absolute Gasteiger partial charge is 0.137 e. The van der Waals surface area contributed by atoms with Gasteiger partial charge in [-0.05, 0) is 31.2 Å². The normalized spacial score (nSPS) is 12.9. The van der Waals surface area contributed by atoms with E-state index in [0.717, 1.165) is 23.6 Å². The van der Waals surface area contributed by atoms with Crippen molar-refractivity contribution in [3.05, 3.63) is 60.4 Å². The largest absolute Gasteiger partial charge is 0.468 e. The van der Waals surface area contributed by atoms with Gasteiger partial charge in [0.1, 0.15) is 11.4 Å². The zero-order valence-corrected chi connectivity index (χ0v) is 10.2. The summed E-state index contributed by atoms with van der Waals surface area (Å²) in [5.41, 5.74) is 2.00. The maximum Gasteiger partial charge on any atom is 0.137 e. The molecule has 0 bridgehead atoms. The lowest BCUT2D eigenvalue weighted by Gasteiger charge is -2.09. The molecule has 0 aromatic carbocycles. The summed E-state index contributed by atoms with van der Waals surface area (Å²) in [5.74, 6) is 0.943. The maximum atomic E-state index is 5.35. The summed E-state index contributed by atoms with van der Waals surface area (Å²) in [6.45, 7) is 2.80. The third-order valence-electron chi connectivity index (χ3n) is 2.97. The van der Waals surface area contributed by atoms with Crippen molar-refractivity contribution < 1.29 is 4.42 Å². The van der Waals surface area contributed by atoms with Gasteiger partial charge in [0, 0.05) is 18.9 Å². The molecule has 0 aliphatic carbocycles. The maximum absolute atomic E-state index is 5.35. The van der Waals surface area contributed by atoms with Gasteiger partial charge in [-0.3, -0.25) is 0 Å². The lowest BCUT2D eigenvalue weighted by Crippen LogP contribution is -2.17. The van der Waals surface area contributed by atoms with Crippen molar-refractivity contribution in [2.75, 3.05) is 0 Å². The van der Waals surface area contributed by atoms with Crippen molar-refractivity contribution in [2.24, 2.45) is 0 Å². The van der Waals surface area contributed by atoms with Crippen LogP contribution in [0.3, 0.4) is 0 Å². The van der Waals surface area contributed by atoms with E-state index in [1.807, 2.05) is 47.1 Å². The Morgan fingerprint density at radius 2 is 2.28 bits per heavy atom. The summed E-state index contributed by atoms with van der Waals surface area (Å²) in [7, 11) is 0. The molecule has 0 fully saturated rings. The molecule has 4 nitrogen and oxygen atoms in total. The van der Waals surface area contributed by atoms with Crippen LogP contribution in [0.15, 0.2) is 53.4 Å². The average molecular weight is 241 g/mol. The molecule has 0 unspecified atom stereocenters. The fourth-order valence-corrected chi connectivity index (χ4v) is 1.97. The van der Waals surface area contributed by atoms with Crippen LogP contribution >= 0.6 is 0 Å². The van der Waals surface area contributed by atoms with Crippen molar-refractivity contribution in [3.63, 3.8) is 0 Å². The van der Waals surface area contributed by atoms with Gasteiger partial charge < -0.3 is 14.1 Å². The molecule has 0 aliphatic rings. The summed E-state index contributed by atoms with van der Waals surface area (Å²) >= 11 is 0. The molecule has 0 radical (unpaired) electrons. The monoisotopic (exact) mass is 241 g/mol. The molecule has 3 heterocycles. The number of pyridine rings is 1. The topological polar surface area (TPSA) is 42.5 Å². The van der Waals surface area contributed by atoms with Gasteiger partial charge in [-0.1, -0.05) is 6.07 Å². The molecule has 0 saturated carbocycles. The lowest BCUT2D eigenvalue weighted by molar-refractivity contribution is 0.429. The first-order chi connectivity index (χ1) is 8.83. The quantitative estimate of drug-likeness (QED) is 0.763. The van der Waals surface area contributed by atoms with Gasteiger partial charge in [-0.2, -0.15) is 0 Å². The van der Waals surface area contributed by atoms with Crippen molar-refractivity contribution in [2.45, 2.75) is 19.5 Å². The van der Waals surface area contributed by atoms with Crippen LogP contribution in [0.5, 0.6) is 0 Å². The Morgan fingerprint density at radius 3 is 3.06 bits per heavy atom. The van der Waals surface area contributed by atoms with E-state index in [2.05, 4.69) is 17.2 Å². The highest BCUT2D eigenvalue weighted by Crippen LogP contribution is 2.13. The number of rotatable bonds is 4. The van der Waals surface area contributed by atoms with E-state index in [4.69, 9.17) is 4.42 Å². The van der Waals surface area contributed by atoms with Crippen LogP contribution in [-0.2, 0) is 6.54 Å². The first kappa shape index (κ1) is 11.0. The van der Waals surface area contributed by atoms with Crippen molar-refractivity contribution in [1.29, 1.82) is 0 Å². The SMILES string of the molecule is C[C@H](NCc1cn2ccccc2n1)c1ccco1. The van der Waals surface area contributed by atoms with Crippen LogP contribution in [0.1, 0.15) is 24.4 Å². The van der Waals surface area contributed by atoms with Crippen LogP contribution < -0.4 is 5.32 Å². The first-order valence-corrected chi connectivity index (χ1v) is 6.02. The predicted octanol–water partition coefficient (Wildman–Crippen LogP) is 2.78. The van der Waals surface area contributed by atoms with E-state index in [1.165, 1.54) is 0 Å². The molecular formula is C14H15N3O. The number of hydrogen-bond donors (Lipinski definition) is 1. The van der Waals surface area contributed by atoms with Crippen molar-refractivity contribution in [1.82, 2.24) is 14.7 Å². The van der Waals surface area contributed by atoms with Crippen molar-refractivity contribution >= 4 is 5.65 Å². The first-order valence-electron chi connectivity index (χ1n) is 6.02. The standard InChI is InChI=1S/C14H15N3O/c1-11(13-5-4-8-18-13)15-9-12-10-17-7-3-2-6-14(17)16-12/h2-8,10-11,15H,9H2,1H3/t11-/m0/s1. The summed E-state index contributed by atoms with van der Waals surface area (Å²) in [6, 6.07) is 10.0. The second kappa shape index (κ2) is 4.66. The molecule has 0 saturated heterocycles. The van der Waals surface area contributed by atoms with Gasteiger partial charge in [0.2, 0.25) is 0 Å². The summed E-state index contributed by atoms with van der Waals surface area (Å²) < 4.78 is 7.38. The van der Waals surface area contributed by atoms with Crippen LogP contribution in [-0.4, -0.2) is 9.38 Å². The number of hydrogen-bond acceptors (Lipinski definition) is 3. The Bertz CT molecular complexity index is 594. The molecular weight excluding hydrogens is 226 g/mol. The van der Waals surface area contributed by atoms with Crippen LogP contribution in [0.4, 0.5) is 0 Å². The Balaban J connectivity index is 1.69. The second-order valence-corrected chi connectivity index (χ2v) is 4.32. The molecule has 0 amide bonds. The third kappa shape index (κ3) is 2.15. The fourth-order valence-electron chi connectivity index (χ4n) is 1.97. The highest BCUT2D eigenvalue weighted by molar-refractivity contribution is 5.39. The van der Waals surface area contributed by atoms with Gasteiger partial charge >= 0.3 is 0 Å². The molecule has 18 heavy (non-hydrogen) atoms. The summed E-state index contributed by atoms with van der Waals surface area (Å²) in [5, 5.41) is 3.39. The van der Waals surface area contributed by atoms with E-state index >= 15 is 0 Å². The Kier molecular flexibility index (Phi) is 2.86. The molecule has 4 heteroatoms. The number of aromatic nitrogens is 2. The van der Waals surface area contributed by atoms with Crippen LogP contribution in [0.2, 0.25) is 0 Å². The van der Waals surface area contributed by atoms with Gasteiger partial charge in [0.15, 0.2) is 0 Å². The number of fused-ring (bicyclic) bond motifs is 1. The lowest BCUT2D eigenvalue weighted by atomic mass is 10.2. The highest BCUT2D eigenvalue weighted by Gasteiger charge is 2.08. The molecule has 1 N–H and O–H groups in total. The second-order valence-electron chi connectivity index (χ2n) is 4.32. The van der Waals surface area contributed by atoms with Gasteiger partial charge in [-0.25, -0.2) is 4.98 Å². The zero-order valence-electron chi connectivity index (χ0n) is 10.2. The summed E-state index contributed by atoms with van der Waals surface area (Å²) in [6.07, 6.45) is 5.73. The number of furan rings is 1. The van der Waals surface area contributed by atoms with Crippen LogP contribution in [0, 0.1) is 0 Å². The molecule has 3 aromatic rings. The van der Waals surface area contributed by atoms with E-state index in [1.54, 1.807) is 6.26 Å². The zero-order chi connectivity index (χ0) is 12.4. The molecule has 0 aliphatic heterocycles. The van der Waals surface area contributed by atoms with E-state index < -0.39 is 0 Å². The molecule has 3 rings (SSSR count).